The fourth-order valence-corrected chi connectivity index (χ4v) is 1.92. The van der Waals surface area contributed by atoms with Gasteiger partial charge < -0.3 is 4.74 Å². The third-order valence-corrected chi connectivity index (χ3v) is 3.17. The van der Waals surface area contributed by atoms with Gasteiger partial charge >= 0.3 is 0 Å². The molecule has 0 saturated carbocycles. The van der Waals surface area contributed by atoms with Crippen LogP contribution in [0.15, 0.2) is 18.2 Å². The van der Waals surface area contributed by atoms with E-state index in [0.29, 0.717) is 17.7 Å². The quantitative estimate of drug-likeness (QED) is 0.677. The average molecular weight is 218 g/mol. The summed E-state index contributed by atoms with van der Waals surface area (Å²) in [4.78, 5) is 23.9. The molecule has 16 heavy (non-hydrogen) atoms. The Morgan fingerprint density at radius 1 is 1.25 bits per heavy atom. The molecule has 3 heteroatoms. The summed E-state index contributed by atoms with van der Waals surface area (Å²) in [6, 6.07) is 5.26. The van der Waals surface area contributed by atoms with Crippen LogP contribution in [0.1, 0.15) is 29.8 Å². The lowest BCUT2D eigenvalue weighted by atomic mass is 9.72. The van der Waals surface area contributed by atoms with Gasteiger partial charge in [-0.2, -0.15) is 0 Å². The first-order valence-corrected chi connectivity index (χ1v) is 5.22. The lowest BCUT2D eigenvalue weighted by Crippen LogP contribution is -2.39. The number of Topliss-reactive ketones (excluding diaryl/α,β-unsaturated/α-hetero) is 2. The van der Waals surface area contributed by atoms with E-state index >= 15 is 0 Å². The van der Waals surface area contributed by atoms with Gasteiger partial charge in [-0.1, -0.05) is 0 Å². The minimum atomic E-state index is -0.887. The number of ether oxygens (including phenoxy) is 1. The Hall–Kier alpha value is -1.64. The summed E-state index contributed by atoms with van der Waals surface area (Å²) in [5, 5.41) is 0. The average Bonchev–Trinajstić information content (AvgIpc) is 2.26. The van der Waals surface area contributed by atoms with Crippen molar-refractivity contribution in [2.24, 2.45) is 5.41 Å². The van der Waals surface area contributed by atoms with Gasteiger partial charge in [0, 0.05) is 12.0 Å². The third kappa shape index (κ3) is 1.43. The molecule has 0 atom stereocenters. The molecule has 0 radical (unpaired) electrons. The van der Waals surface area contributed by atoms with Crippen LogP contribution < -0.4 is 4.74 Å². The highest BCUT2D eigenvalue weighted by Gasteiger charge is 2.41. The Morgan fingerprint density at radius 2 is 1.94 bits per heavy atom. The summed E-state index contributed by atoms with van der Waals surface area (Å²) in [7, 11) is 1.57. The summed E-state index contributed by atoms with van der Waals surface area (Å²) < 4.78 is 5.08. The van der Waals surface area contributed by atoms with Crippen molar-refractivity contribution in [3.05, 3.63) is 29.3 Å². The van der Waals surface area contributed by atoms with Crippen molar-refractivity contribution in [3.63, 3.8) is 0 Å². The predicted molar refractivity (Wildman–Crippen MR) is 59.8 cm³/mol. The van der Waals surface area contributed by atoms with E-state index in [-0.39, 0.29) is 11.6 Å². The molecule has 2 rings (SSSR count). The van der Waals surface area contributed by atoms with Crippen LogP contribution in [0.4, 0.5) is 0 Å². The van der Waals surface area contributed by atoms with Gasteiger partial charge in [-0.25, -0.2) is 0 Å². The Bertz CT molecular complexity index is 472. The maximum absolute atomic E-state index is 12.1. The first-order valence-electron chi connectivity index (χ1n) is 5.22. The van der Waals surface area contributed by atoms with Crippen molar-refractivity contribution in [2.75, 3.05) is 7.11 Å². The number of hydrogen-bond donors (Lipinski definition) is 0. The Balaban J connectivity index is 2.55. The molecule has 1 aromatic carbocycles. The van der Waals surface area contributed by atoms with Gasteiger partial charge in [0.1, 0.15) is 5.75 Å². The van der Waals surface area contributed by atoms with Crippen LogP contribution in [-0.2, 0) is 11.2 Å². The van der Waals surface area contributed by atoms with Gasteiger partial charge in [0.05, 0.1) is 12.5 Å². The molecule has 3 nitrogen and oxygen atoms in total. The zero-order valence-corrected chi connectivity index (χ0v) is 9.66. The fourth-order valence-electron chi connectivity index (χ4n) is 1.92. The summed E-state index contributed by atoms with van der Waals surface area (Å²) in [5.74, 6) is 0.554. The van der Waals surface area contributed by atoms with Crippen molar-refractivity contribution in [3.8, 4) is 5.75 Å². The van der Waals surface area contributed by atoms with Crippen molar-refractivity contribution in [2.45, 2.75) is 20.3 Å². The standard InChI is InChI=1S/C13H14O3/c1-13(2)11(14)7-8-6-9(16-3)4-5-10(8)12(13)15/h4-6H,7H2,1-3H3. The molecular weight excluding hydrogens is 204 g/mol. The first-order chi connectivity index (χ1) is 7.46. The lowest BCUT2D eigenvalue weighted by molar-refractivity contribution is -0.124. The van der Waals surface area contributed by atoms with Gasteiger partial charge in [-0.15, -0.1) is 0 Å². The first kappa shape index (κ1) is 10.9. The lowest BCUT2D eigenvalue weighted by Gasteiger charge is -2.28. The SMILES string of the molecule is COc1ccc2c(c1)CC(=O)C(C)(C)C2=O. The van der Waals surface area contributed by atoms with Crippen LogP contribution >= 0.6 is 0 Å². The number of hydrogen-bond acceptors (Lipinski definition) is 3. The summed E-state index contributed by atoms with van der Waals surface area (Å²) in [5.41, 5.74) is 0.528. The van der Waals surface area contributed by atoms with E-state index in [9.17, 15) is 9.59 Å². The molecule has 1 aromatic rings. The van der Waals surface area contributed by atoms with Gasteiger partial charge in [0.25, 0.3) is 0 Å². The van der Waals surface area contributed by atoms with Crippen molar-refractivity contribution in [1.82, 2.24) is 0 Å². The molecule has 84 valence electrons. The van der Waals surface area contributed by atoms with Gasteiger partial charge in [0.2, 0.25) is 0 Å². The van der Waals surface area contributed by atoms with E-state index in [1.54, 1.807) is 39.2 Å². The maximum Gasteiger partial charge on any atom is 0.176 e. The monoisotopic (exact) mass is 218 g/mol. The number of ketones is 2. The number of methoxy groups -OCH3 is 1. The zero-order valence-electron chi connectivity index (χ0n) is 9.66. The van der Waals surface area contributed by atoms with E-state index in [0.717, 1.165) is 5.56 Å². The van der Waals surface area contributed by atoms with E-state index in [4.69, 9.17) is 4.74 Å². The van der Waals surface area contributed by atoms with Crippen LogP contribution in [-0.4, -0.2) is 18.7 Å². The van der Waals surface area contributed by atoms with E-state index < -0.39 is 5.41 Å². The smallest absolute Gasteiger partial charge is 0.176 e. The number of benzene rings is 1. The van der Waals surface area contributed by atoms with Gasteiger partial charge in [-0.3, -0.25) is 9.59 Å². The van der Waals surface area contributed by atoms with Crippen molar-refractivity contribution < 1.29 is 14.3 Å². The third-order valence-electron chi connectivity index (χ3n) is 3.17. The van der Waals surface area contributed by atoms with E-state index in [1.165, 1.54) is 0 Å². The van der Waals surface area contributed by atoms with Crippen LogP contribution in [0.5, 0.6) is 5.75 Å². The van der Waals surface area contributed by atoms with Gasteiger partial charge in [0.15, 0.2) is 11.6 Å². The second-order valence-corrected chi connectivity index (χ2v) is 4.58. The minimum absolute atomic E-state index is 0.0294. The Kier molecular flexibility index (Phi) is 2.34. The second kappa shape index (κ2) is 3.44. The molecule has 0 heterocycles. The molecule has 0 fully saturated rings. The highest BCUT2D eigenvalue weighted by atomic mass is 16.5. The number of fused-ring (bicyclic) bond motifs is 1. The molecule has 0 amide bonds. The molecule has 0 saturated heterocycles. The van der Waals surface area contributed by atoms with Gasteiger partial charge in [-0.05, 0) is 37.6 Å². The highest BCUT2D eigenvalue weighted by molar-refractivity contribution is 6.18. The molecule has 1 aliphatic rings. The number of carbonyl (C=O) groups is 2. The van der Waals surface area contributed by atoms with Crippen molar-refractivity contribution >= 4 is 11.6 Å². The summed E-state index contributed by atoms with van der Waals surface area (Å²) >= 11 is 0. The summed E-state index contributed by atoms with van der Waals surface area (Å²) in [6.45, 7) is 3.37. The molecule has 0 bridgehead atoms. The minimum Gasteiger partial charge on any atom is -0.497 e. The largest absolute Gasteiger partial charge is 0.497 e. The Labute approximate surface area is 94.4 Å². The summed E-state index contributed by atoms with van der Waals surface area (Å²) in [6.07, 6.45) is 0.311. The Morgan fingerprint density at radius 3 is 2.56 bits per heavy atom. The number of carbonyl (C=O) groups excluding carboxylic acids is 2. The highest BCUT2D eigenvalue weighted by Crippen LogP contribution is 2.33. The molecule has 0 unspecified atom stereocenters. The molecule has 0 aliphatic heterocycles. The second-order valence-electron chi connectivity index (χ2n) is 4.58. The zero-order chi connectivity index (χ0) is 11.9. The molecule has 0 spiro atoms. The normalized spacial score (nSPS) is 18.2. The maximum atomic E-state index is 12.1. The molecule has 0 N–H and O–H groups in total. The van der Waals surface area contributed by atoms with Crippen LogP contribution in [0.2, 0.25) is 0 Å². The molecule has 0 aromatic heterocycles. The predicted octanol–water partition coefficient (Wildman–Crippen LogP) is 2.03. The fraction of sp³-hybridized carbons (Fsp3) is 0.385. The van der Waals surface area contributed by atoms with E-state index in [2.05, 4.69) is 0 Å². The van der Waals surface area contributed by atoms with Crippen molar-refractivity contribution in [1.29, 1.82) is 0 Å². The number of rotatable bonds is 1. The van der Waals surface area contributed by atoms with E-state index in [1.807, 2.05) is 0 Å². The van der Waals surface area contributed by atoms with Crippen LogP contribution in [0, 0.1) is 5.41 Å². The van der Waals surface area contributed by atoms with Crippen LogP contribution in [0.3, 0.4) is 0 Å². The molecule has 1 aliphatic carbocycles. The molecular formula is C13H14O3. The van der Waals surface area contributed by atoms with Crippen LogP contribution in [0.25, 0.3) is 0 Å². The topological polar surface area (TPSA) is 43.4 Å².